The second kappa shape index (κ2) is 19.7. The molecule has 1 aliphatic rings. The number of Topliss-reactive ketones (excluding diaryl/α,β-unsaturated/α-hetero) is 1. The van der Waals surface area contributed by atoms with Gasteiger partial charge in [-0.1, -0.05) is 74.4 Å². The minimum Gasteiger partial charge on any atom is -0.465 e. The zero-order chi connectivity index (χ0) is 40.9. The second-order valence-electron chi connectivity index (χ2n) is 15.1. The molecule has 0 aliphatic carbocycles. The average molecular weight is 772 g/mol. The van der Waals surface area contributed by atoms with Gasteiger partial charge < -0.3 is 30.5 Å². The lowest BCUT2D eigenvalue weighted by Crippen LogP contribution is -2.58. The zero-order valence-corrected chi connectivity index (χ0v) is 32.6. The Labute approximate surface area is 327 Å². The minimum atomic E-state index is -1.22. The van der Waals surface area contributed by atoms with Crippen molar-refractivity contribution >= 4 is 47.1 Å². The Balaban J connectivity index is 1.61. The van der Waals surface area contributed by atoms with Crippen LogP contribution < -0.4 is 26.6 Å². The van der Waals surface area contributed by atoms with Crippen LogP contribution in [0.15, 0.2) is 78.9 Å². The van der Waals surface area contributed by atoms with Crippen molar-refractivity contribution in [3.8, 4) is 0 Å². The van der Waals surface area contributed by atoms with Crippen molar-refractivity contribution in [2.45, 2.75) is 109 Å². The number of hydrogen-bond donors (Lipinski definition) is 6. The number of amides is 5. The molecule has 56 heavy (non-hydrogen) atoms. The number of carboxylic acid groups (broad SMARTS) is 1. The maximum atomic E-state index is 14.2. The first-order valence-corrected chi connectivity index (χ1v) is 18.8. The molecule has 3 aromatic carbocycles. The van der Waals surface area contributed by atoms with Crippen LogP contribution in [0.2, 0.25) is 0 Å². The summed E-state index contributed by atoms with van der Waals surface area (Å²) in [5.74, 6) is -1.88. The molecule has 3 aromatic rings. The molecule has 1 heterocycles. The zero-order valence-electron chi connectivity index (χ0n) is 32.6. The maximum absolute atomic E-state index is 14.2. The number of ether oxygens (including phenoxy) is 2. The van der Waals surface area contributed by atoms with Gasteiger partial charge in [0, 0.05) is 30.6 Å². The van der Waals surface area contributed by atoms with Gasteiger partial charge in [-0.05, 0) is 81.5 Å². The molecule has 4 atom stereocenters. The minimum absolute atomic E-state index is 0.00295. The summed E-state index contributed by atoms with van der Waals surface area (Å²) in [7, 11) is 0. The standard InChI is InChI=1S/C42H53N5O9/c1-6-7-9-14-35(48)45-33(24-28-15-19-30(20-16-28)43-39(52)53)37(50)47-34(25-29-17-21-31(22-18-29)44-40(54)56-41(2,3)4)38(51)46-32(36(49)42(5)26-55-42)23-27-12-10-8-11-13-27/h8,10-13,15-22,32-34,43H,6-7,9,14,23-26H2,1-5H3,(H,44,54)(H,45,48)(H,46,51)(H,47,50)(H,52,53)/t32-,33+,34-,42+/m0/s1. The van der Waals surface area contributed by atoms with E-state index in [1.807, 2.05) is 37.3 Å². The Morgan fingerprint density at radius 3 is 1.70 bits per heavy atom. The molecule has 0 unspecified atom stereocenters. The van der Waals surface area contributed by atoms with Crippen molar-refractivity contribution in [2.24, 2.45) is 0 Å². The van der Waals surface area contributed by atoms with Crippen LogP contribution in [0.3, 0.4) is 0 Å². The third-order valence-electron chi connectivity index (χ3n) is 8.99. The van der Waals surface area contributed by atoms with E-state index in [4.69, 9.17) is 14.6 Å². The van der Waals surface area contributed by atoms with E-state index in [-0.39, 0.29) is 44.0 Å². The average Bonchev–Trinajstić information content (AvgIpc) is 3.89. The fourth-order valence-electron chi connectivity index (χ4n) is 5.91. The van der Waals surface area contributed by atoms with Crippen LogP contribution in [0, 0.1) is 0 Å². The van der Waals surface area contributed by atoms with Crippen LogP contribution in [0.4, 0.5) is 21.0 Å². The summed E-state index contributed by atoms with van der Waals surface area (Å²) >= 11 is 0. The summed E-state index contributed by atoms with van der Waals surface area (Å²) in [6.07, 6.45) is 0.962. The first-order valence-electron chi connectivity index (χ1n) is 18.8. The Bertz CT molecular complexity index is 1820. The lowest BCUT2D eigenvalue weighted by atomic mass is 9.94. The van der Waals surface area contributed by atoms with E-state index >= 15 is 0 Å². The quantitative estimate of drug-likeness (QED) is 0.0668. The van der Waals surface area contributed by atoms with Crippen molar-refractivity contribution in [3.05, 3.63) is 95.6 Å². The van der Waals surface area contributed by atoms with Crippen LogP contribution in [0.5, 0.6) is 0 Å². The number of carbonyl (C=O) groups excluding carboxylic acids is 5. The van der Waals surface area contributed by atoms with Gasteiger partial charge in [-0.15, -0.1) is 0 Å². The molecule has 14 nitrogen and oxygen atoms in total. The summed E-state index contributed by atoms with van der Waals surface area (Å²) < 4.78 is 10.8. The second-order valence-corrected chi connectivity index (χ2v) is 15.1. The van der Waals surface area contributed by atoms with Gasteiger partial charge in [-0.3, -0.25) is 29.8 Å². The van der Waals surface area contributed by atoms with Crippen molar-refractivity contribution in [1.82, 2.24) is 16.0 Å². The number of unbranched alkanes of at least 4 members (excludes halogenated alkanes) is 2. The molecule has 1 aliphatic heterocycles. The normalized spacial score (nSPS) is 16.3. The van der Waals surface area contributed by atoms with Crippen LogP contribution in [-0.4, -0.2) is 76.7 Å². The smallest absolute Gasteiger partial charge is 0.412 e. The van der Waals surface area contributed by atoms with Crippen molar-refractivity contribution < 1.29 is 43.3 Å². The lowest BCUT2D eigenvalue weighted by molar-refractivity contribution is -0.134. The fourth-order valence-corrected chi connectivity index (χ4v) is 5.91. The molecule has 14 heteroatoms. The summed E-state index contributed by atoms with van der Waals surface area (Å²) in [6, 6.07) is 19.0. The van der Waals surface area contributed by atoms with Gasteiger partial charge in [0.15, 0.2) is 5.78 Å². The highest BCUT2D eigenvalue weighted by atomic mass is 16.6. The van der Waals surface area contributed by atoms with Gasteiger partial charge in [0.05, 0.1) is 12.6 Å². The van der Waals surface area contributed by atoms with Crippen molar-refractivity contribution in [1.29, 1.82) is 0 Å². The van der Waals surface area contributed by atoms with Crippen molar-refractivity contribution in [2.75, 3.05) is 17.2 Å². The number of ketones is 1. The third kappa shape index (κ3) is 14.1. The molecule has 0 saturated carbocycles. The van der Waals surface area contributed by atoms with E-state index in [2.05, 4.69) is 26.6 Å². The van der Waals surface area contributed by atoms with Gasteiger partial charge >= 0.3 is 12.2 Å². The number of epoxide rings is 1. The van der Waals surface area contributed by atoms with Gasteiger partial charge in [0.1, 0.15) is 23.3 Å². The number of rotatable bonds is 19. The van der Waals surface area contributed by atoms with Gasteiger partial charge in [0.2, 0.25) is 17.7 Å². The van der Waals surface area contributed by atoms with Crippen LogP contribution in [0.1, 0.15) is 77.0 Å². The molecule has 1 fully saturated rings. The maximum Gasteiger partial charge on any atom is 0.412 e. The molecule has 0 aromatic heterocycles. The van der Waals surface area contributed by atoms with Gasteiger partial charge in [-0.2, -0.15) is 0 Å². The Hall–Kier alpha value is -5.76. The molecule has 5 amide bonds. The summed E-state index contributed by atoms with van der Waals surface area (Å²) in [4.78, 5) is 78.6. The Morgan fingerprint density at radius 1 is 0.714 bits per heavy atom. The number of anilines is 2. The number of hydrogen-bond acceptors (Lipinski definition) is 8. The first-order chi connectivity index (χ1) is 26.5. The predicted molar refractivity (Wildman–Crippen MR) is 211 cm³/mol. The van der Waals surface area contributed by atoms with E-state index in [1.165, 1.54) is 0 Å². The topological polar surface area (TPSA) is 205 Å². The molecular formula is C42H53N5O9. The molecule has 0 radical (unpaired) electrons. The highest BCUT2D eigenvalue weighted by molar-refractivity contribution is 5.98. The van der Waals surface area contributed by atoms with Crippen LogP contribution >= 0.6 is 0 Å². The predicted octanol–water partition coefficient (Wildman–Crippen LogP) is 5.54. The molecule has 4 rings (SSSR count). The highest BCUT2D eigenvalue weighted by Crippen LogP contribution is 2.29. The number of carbonyl (C=O) groups is 6. The third-order valence-corrected chi connectivity index (χ3v) is 8.99. The summed E-state index contributed by atoms with van der Waals surface area (Å²) in [6.45, 7) is 9.17. The summed E-state index contributed by atoms with van der Waals surface area (Å²) in [5, 5.41) is 22.6. The monoisotopic (exact) mass is 771 g/mol. The molecule has 1 saturated heterocycles. The Morgan fingerprint density at radius 2 is 1.20 bits per heavy atom. The van der Waals surface area contributed by atoms with Gasteiger partial charge in [-0.25, -0.2) is 9.59 Å². The number of benzene rings is 3. The van der Waals surface area contributed by atoms with Crippen LogP contribution in [0.25, 0.3) is 0 Å². The SMILES string of the molecule is CCCCCC(=O)N[C@H](Cc1ccc(NC(=O)O)cc1)C(=O)N[C@@H](Cc1ccc(NC(=O)OC(C)(C)C)cc1)C(=O)N[C@@H](Cc1ccccc1)C(=O)[C@@]1(C)CO1. The summed E-state index contributed by atoms with van der Waals surface area (Å²) in [5.41, 5.74) is 1.14. The molecule has 6 N–H and O–H groups in total. The van der Waals surface area contributed by atoms with Crippen molar-refractivity contribution in [3.63, 3.8) is 0 Å². The first kappa shape index (κ1) is 43.0. The highest BCUT2D eigenvalue weighted by Gasteiger charge is 2.50. The van der Waals surface area contributed by atoms with E-state index in [0.717, 1.165) is 18.4 Å². The fraction of sp³-hybridized carbons (Fsp3) is 0.429. The molecule has 0 spiro atoms. The van der Waals surface area contributed by atoms with E-state index in [9.17, 15) is 28.8 Å². The lowest BCUT2D eigenvalue weighted by Gasteiger charge is -2.26. The molecular weight excluding hydrogens is 718 g/mol. The van der Waals surface area contributed by atoms with E-state index in [0.29, 0.717) is 28.9 Å². The number of nitrogens with one attached hydrogen (secondary N) is 5. The van der Waals surface area contributed by atoms with E-state index in [1.54, 1.807) is 76.2 Å². The van der Waals surface area contributed by atoms with Crippen LogP contribution in [-0.2, 0) is 47.9 Å². The Kier molecular flexibility index (Phi) is 15.1. The largest absolute Gasteiger partial charge is 0.465 e. The van der Waals surface area contributed by atoms with Gasteiger partial charge in [0.25, 0.3) is 0 Å². The molecule has 300 valence electrons. The molecule has 0 bridgehead atoms. The van der Waals surface area contributed by atoms with E-state index < -0.39 is 53.3 Å².